The first kappa shape index (κ1) is 16.1. The lowest BCUT2D eigenvalue weighted by atomic mass is 10.1. The Kier molecular flexibility index (Phi) is 3.90. The highest BCUT2D eigenvalue weighted by Gasteiger charge is 2.26. The maximum Gasteiger partial charge on any atom is 0.272 e. The van der Waals surface area contributed by atoms with Crippen LogP contribution in [0.3, 0.4) is 0 Å². The number of amides is 1. The minimum absolute atomic E-state index is 0.0130. The van der Waals surface area contributed by atoms with Crippen LogP contribution in [0.4, 0.5) is 0 Å². The van der Waals surface area contributed by atoms with Gasteiger partial charge in [0.1, 0.15) is 11.4 Å². The third kappa shape index (κ3) is 2.88. The lowest BCUT2D eigenvalue weighted by molar-refractivity contribution is 0.0726. The van der Waals surface area contributed by atoms with Crippen molar-refractivity contribution in [2.45, 2.75) is 13.0 Å². The fraction of sp³-hybridized carbons (Fsp3) is 0.143. The van der Waals surface area contributed by atoms with Crippen molar-refractivity contribution >= 4 is 17.2 Å². The molecule has 0 saturated carbocycles. The fourth-order valence-electron chi connectivity index (χ4n) is 3.43. The summed E-state index contributed by atoms with van der Waals surface area (Å²) in [6.45, 7) is 1.37. The molecule has 0 atom stereocenters. The number of hydrogen-bond donors (Lipinski definition) is 0. The molecule has 1 aliphatic rings. The van der Waals surface area contributed by atoms with Crippen LogP contribution < -0.4 is 0 Å². The van der Waals surface area contributed by atoms with Crippen LogP contribution in [0.1, 0.15) is 20.9 Å². The largest absolute Gasteiger partial charge is 0.463 e. The number of para-hydroxylation sites is 1. The van der Waals surface area contributed by atoms with Gasteiger partial charge < -0.3 is 9.32 Å². The normalized spacial score (nSPS) is 13.6. The van der Waals surface area contributed by atoms with Gasteiger partial charge in [0.25, 0.3) is 5.91 Å². The van der Waals surface area contributed by atoms with Gasteiger partial charge >= 0.3 is 0 Å². The van der Waals surface area contributed by atoms with E-state index >= 15 is 0 Å². The van der Waals surface area contributed by atoms with E-state index in [0.29, 0.717) is 23.7 Å². The molecule has 0 saturated heterocycles. The van der Waals surface area contributed by atoms with Gasteiger partial charge in [0.15, 0.2) is 5.76 Å². The van der Waals surface area contributed by atoms with Crippen molar-refractivity contribution in [1.29, 1.82) is 0 Å². The van der Waals surface area contributed by atoms with Crippen molar-refractivity contribution in [3.63, 3.8) is 0 Å². The molecule has 0 fully saturated rings. The molecule has 5 nitrogen and oxygen atoms in total. The molecule has 0 unspecified atom stereocenters. The third-order valence-corrected chi connectivity index (χ3v) is 5.82. The molecule has 1 aliphatic heterocycles. The first-order valence-corrected chi connectivity index (χ1v) is 9.71. The molecule has 5 rings (SSSR count). The smallest absolute Gasteiger partial charge is 0.272 e. The lowest BCUT2D eigenvalue weighted by Crippen LogP contribution is -2.36. The standard InChI is InChI=1S/C21H17N3O2S/c25-21(23-10-8-20-15(14-23)9-12-27-20)18-13-17(19-7-4-11-26-19)22-24(18)16-5-2-1-3-6-16/h1-7,9,11-13H,8,10,14H2. The fourth-order valence-corrected chi connectivity index (χ4v) is 4.32. The summed E-state index contributed by atoms with van der Waals surface area (Å²) in [6.07, 6.45) is 2.52. The molecule has 3 aromatic heterocycles. The second kappa shape index (κ2) is 6.55. The Labute approximate surface area is 160 Å². The zero-order valence-electron chi connectivity index (χ0n) is 14.5. The van der Waals surface area contributed by atoms with Gasteiger partial charge in [-0.3, -0.25) is 4.79 Å². The molecule has 0 N–H and O–H groups in total. The second-order valence-electron chi connectivity index (χ2n) is 6.49. The highest BCUT2D eigenvalue weighted by atomic mass is 32.1. The van der Waals surface area contributed by atoms with E-state index in [1.54, 1.807) is 22.3 Å². The van der Waals surface area contributed by atoms with Gasteiger partial charge in [0.05, 0.1) is 12.0 Å². The monoisotopic (exact) mass is 375 g/mol. The van der Waals surface area contributed by atoms with Gasteiger partial charge in [-0.2, -0.15) is 5.10 Å². The number of thiophene rings is 1. The number of hydrogen-bond acceptors (Lipinski definition) is 4. The molecule has 4 heterocycles. The average molecular weight is 375 g/mol. The predicted octanol–water partition coefficient (Wildman–Crippen LogP) is 4.39. The van der Waals surface area contributed by atoms with Gasteiger partial charge in [-0.1, -0.05) is 18.2 Å². The van der Waals surface area contributed by atoms with Crippen LogP contribution in [0.25, 0.3) is 17.1 Å². The number of benzene rings is 1. The maximum atomic E-state index is 13.3. The van der Waals surface area contributed by atoms with Crippen LogP contribution in [0.15, 0.2) is 70.7 Å². The zero-order valence-corrected chi connectivity index (χ0v) is 15.4. The zero-order chi connectivity index (χ0) is 18.2. The Morgan fingerprint density at radius 2 is 2.00 bits per heavy atom. The van der Waals surface area contributed by atoms with Crippen molar-refractivity contribution < 1.29 is 9.21 Å². The van der Waals surface area contributed by atoms with Gasteiger partial charge in [0.2, 0.25) is 0 Å². The van der Waals surface area contributed by atoms with Crippen LogP contribution in [0.2, 0.25) is 0 Å². The molecule has 1 aromatic carbocycles. The molecular formula is C21H17N3O2S. The summed E-state index contributed by atoms with van der Waals surface area (Å²) >= 11 is 1.77. The highest BCUT2D eigenvalue weighted by molar-refractivity contribution is 7.10. The molecule has 6 heteroatoms. The number of aromatic nitrogens is 2. The molecule has 0 bridgehead atoms. The number of rotatable bonds is 3. The summed E-state index contributed by atoms with van der Waals surface area (Å²) in [4.78, 5) is 16.6. The molecule has 1 amide bonds. The van der Waals surface area contributed by atoms with E-state index in [4.69, 9.17) is 4.42 Å². The lowest BCUT2D eigenvalue weighted by Gasteiger charge is -2.27. The molecule has 0 spiro atoms. The van der Waals surface area contributed by atoms with Crippen molar-refractivity contribution in [2.24, 2.45) is 0 Å². The Balaban J connectivity index is 1.55. The van der Waals surface area contributed by atoms with E-state index in [-0.39, 0.29) is 5.91 Å². The van der Waals surface area contributed by atoms with Crippen LogP contribution in [0.5, 0.6) is 0 Å². The third-order valence-electron chi connectivity index (χ3n) is 4.80. The van der Waals surface area contributed by atoms with Crippen molar-refractivity contribution in [3.05, 3.63) is 82.4 Å². The molecule has 4 aromatic rings. The number of furan rings is 1. The summed E-state index contributed by atoms with van der Waals surface area (Å²) in [5.74, 6) is 0.638. The summed E-state index contributed by atoms with van der Waals surface area (Å²) < 4.78 is 7.20. The minimum atomic E-state index is -0.0130. The SMILES string of the molecule is O=C(c1cc(-c2ccco2)nn1-c1ccccc1)N1CCc2sccc2C1. The van der Waals surface area contributed by atoms with E-state index in [9.17, 15) is 4.79 Å². The van der Waals surface area contributed by atoms with E-state index in [1.165, 1.54) is 10.4 Å². The maximum absolute atomic E-state index is 13.3. The predicted molar refractivity (Wildman–Crippen MR) is 104 cm³/mol. The topological polar surface area (TPSA) is 51.3 Å². The van der Waals surface area contributed by atoms with Gasteiger partial charge in [-0.15, -0.1) is 11.3 Å². The van der Waals surface area contributed by atoms with Crippen LogP contribution in [-0.2, 0) is 13.0 Å². The van der Waals surface area contributed by atoms with E-state index < -0.39 is 0 Å². The molecule has 0 radical (unpaired) electrons. The van der Waals surface area contributed by atoms with Gasteiger partial charge in [-0.05, 0) is 47.7 Å². The van der Waals surface area contributed by atoms with E-state index in [0.717, 1.165) is 18.7 Å². The highest BCUT2D eigenvalue weighted by Crippen LogP contribution is 2.27. The van der Waals surface area contributed by atoms with Crippen molar-refractivity contribution in [1.82, 2.24) is 14.7 Å². The first-order chi connectivity index (χ1) is 13.3. The number of carbonyl (C=O) groups excluding carboxylic acids is 1. The molecule has 0 aliphatic carbocycles. The summed E-state index contributed by atoms with van der Waals surface area (Å²) in [6, 6.07) is 17.3. The quantitative estimate of drug-likeness (QED) is 0.534. The van der Waals surface area contributed by atoms with Gasteiger partial charge in [0, 0.05) is 24.0 Å². The molecule has 134 valence electrons. The summed E-state index contributed by atoms with van der Waals surface area (Å²) in [5.41, 5.74) is 3.30. The molecular weight excluding hydrogens is 358 g/mol. The number of nitrogens with zero attached hydrogens (tertiary/aromatic N) is 3. The van der Waals surface area contributed by atoms with E-state index in [2.05, 4.69) is 16.5 Å². The average Bonchev–Trinajstić information content (AvgIpc) is 3.47. The van der Waals surface area contributed by atoms with Crippen LogP contribution >= 0.6 is 11.3 Å². The Hall–Kier alpha value is -3.12. The van der Waals surface area contributed by atoms with Gasteiger partial charge in [-0.25, -0.2) is 4.68 Å². The molecule has 27 heavy (non-hydrogen) atoms. The van der Waals surface area contributed by atoms with Crippen molar-refractivity contribution in [3.8, 4) is 17.1 Å². The van der Waals surface area contributed by atoms with E-state index in [1.807, 2.05) is 53.4 Å². The Morgan fingerprint density at radius 3 is 2.81 bits per heavy atom. The van der Waals surface area contributed by atoms with Crippen LogP contribution in [0, 0.1) is 0 Å². The Morgan fingerprint density at radius 1 is 1.11 bits per heavy atom. The second-order valence-corrected chi connectivity index (χ2v) is 7.49. The number of carbonyl (C=O) groups is 1. The summed E-state index contributed by atoms with van der Waals surface area (Å²) in [7, 11) is 0. The summed E-state index contributed by atoms with van der Waals surface area (Å²) in [5, 5.41) is 6.75. The number of fused-ring (bicyclic) bond motifs is 1. The first-order valence-electron chi connectivity index (χ1n) is 8.83. The minimum Gasteiger partial charge on any atom is -0.463 e. The Bertz CT molecular complexity index is 1080. The van der Waals surface area contributed by atoms with Crippen molar-refractivity contribution in [2.75, 3.05) is 6.54 Å². The van der Waals surface area contributed by atoms with Crippen LogP contribution in [-0.4, -0.2) is 27.1 Å².